The van der Waals surface area contributed by atoms with Gasteiger partial charge in [0, 0.05) is 6.54 Å². The van der Waals surface area contributed by atoms with Crippen LogP contribution in [0, 0.1) is 5.41 Å². The minimum Gasteiger partial charge on any atom is -0.368 e. The molecular weight excluding hydrogens is 584 g/mol. The number of amides is 1. The van der Waals surface area contributed by atoms with Crippen molar-refractivity contribution in [1.82, 2.24) is 15.5 Å². The van der Waals surface area contributed by atoms with Crippen molar-refractivity contribution in [3.05, 3.63) is 56.4 Å². The summed E-state index contributed by atoms with van der Waals surface area (Å²) in [4.78, 5) is 45.4. The van der Waals surface area contributed by atoms with Crippen LogP contribution in [0.25, 0.3) is 0 Å². The molecule has 13 nitrogen and oxygen atoms in total. The molecule has 0 saturated carbocycles. The minimum absolute atomic E-state index is 0.0327. The van der Waals surface area contributed by atoms with Gasteiger partial charge in [-0.05, 0) is 37.3 Å². The molecule has 208 valence electrons. The van der Waals surface area contributed by atoms with E-state index in [0.717, 1.165) is 30.3 Å². The average Bonchev–Trinajstić information content (AvgIpc) is 2.81. The minimum atomic E-state index is -5.53. The van der Waals surface area contributed by atoms with E-state index in [0.29, 0.717) is 0 Å². The fourth-order valence-electron chi connectivity index (χ4n) is 2.65. The number of guanidine groups is 1. The van der Waals surface area contributed by atoms with E-state index in [4.69, 9.17) is 39.2 Å². The topological polar surface area (TPSA) is 195 Å². The molecule has 38 heavy (non-hydrogen) atoms. The van der Waals surface area contributed by atoms with E-state index in [-0.39, 0.29) is 27.9 Å². The second-order valence-electron chi connectivity index (χ2n) is 7.21. The highest BCUT2D eigenvalue weighted by Gasteiger charge is 2.43. The quantitative estimate of drug-likeness (QED) is 0.114. The van der Waals surface area contributed by atoms with Gasteiger partial charge in [0.15, 0.2) is 0 Å². The van der Waals surface area contributed by atoms with Gasteiger partial charge in [0.1, 0.15) is 5.69 Å². The number of nitrogens with two attached hydrogens (primary N) is 1. The molecule has 1 aromatic carbocycles. The number of carbonyl (C=O) groups excluding carboxylic acids is 2. The maximum Gasteiger partial charge on any atom is 0.493 e. The predicted octanol–water partition coefficient (Wildman–Crippen LogP) is 1.11. The van der Waals surface area contributed by atoms with E-state index in [1.807, 2.05) is 10.2 Å². The van der Waals surface area contributed by atoms with Gasteiger partial charge in [-0.2, -0.15) is 13.2 Å². The number of hydroxylamine groups is 1. The van der Waals surface area contributed by atoms with Gasteiger partial charge < -0.3 is 15.9 Å². The van der Waals surface area contributed by atoms with Crippen LogP contribution in [0.1, 0.15) is 18.5 Å². The van der Waals surface area contributed by atoms with Gasteiger partial charge in [-0.25, -0.2) is 18.7 Å². The van der Waals surface area contributed by atoms with Gasteiger partial charge in [-0.15, -0.1) is 4.73 Å². The van der Waals surface area contributed by atoms with Gasteiger partial charge in [0.05, 0.1) is 33.2 Å². The van der Waals surface area contributed by atoms with Gasteiger partial charge in [0.2, 0.25) is 11.9 Å². The van der Waals surface area contributed by atoms with Crippen molar-refractivity contribution in [2.75, 3.05) is 17.9 Å². The molecule has 1 aromatic heterocycles. The van der Waals surface area contributed by atoms with Gasteiger partial charge in [-0.1, -0.05) is 23.2 Å². The van der Waals surface area contributed by atoms with Gasteiger partial charge in [0.25, 0.3) is 10.0 Å². The number of aromatic nitrogens is 1. The molecule has 0 aliphatic heterocycles. The van der Waals surface area contributed by atoms with Crippen LogP contribution < -0.4 is 31.6 Å². The lowest BCUT2D eigenvalue weighted by atomic mass is 10.1. The second-order valence-corrected chi connectivity index (χ2v) is 9.70. The summed E-state index contributed by atoms with van der Waals surface area (Å²) in [6.07, 6.45) is -5.53. The van der Waals surface area contributed by atoms with Crippen molar-refractivity contribution < 1.29 is 40.9 Å². The van der Waals surface area contributed by atoms with Gasteiger partial charge >= 0.3 is 17.7 Å². The Hall–Kier alpha value is -3.54. The monoisotopic (exact) mass is 602 g/mol. The summed E-state index contributed by atoms with van der Waals surface area (Å²) in [5.41, 5.74) is 4.15. The van der Waals surface area contributed by atoms with E-state index in [1.54, 1.807) is 0 Å². The maximum absolute atomic E-state index is 12.9. The van der Waals surface area contributed by atoms with Crippen LogP contribution in [-0.2, 0) is 24.4 Å². The summed E-state index contributed by atoms with van der Waals surface area (Å²) in [6, 6.07) is 4.96. The Labute approximate surface area is 222 Å². The first-order valence-electron chi connectivity index (χ1n) is 10.1. The molecule has 0 aliphatic carbocycles. The zero-order chi connectivity index (χ0) is 28.8. The third kappa shape index (κ3) is 7.98. The first-order valence-corrected chi connectivity index (χ1v) is 12.3. The molecule has 0 radical (unpaired) electrons. The lowest BCUT2D eigenvalue weighted by molar-refractivity contribution is -0.200. The first kappa shape index (κ1) is 30.7. The predicted molar refractivity (Wildman–Crippen MR) is 128 cm³/mol. The average molecular weight is 603 g/mol. The number of nitrogens with one attached hydrogen (secondary N) is 4. The number of anilines is 1. The summed E-state index contributed by atoms with van der Waals surface area (Å²) in [5, 5.41) is 9.16. The molecule has 2 aromatic rings. The normalized spacial score (nSPS) is 12.4. The highest BCUT2D eigenvalue weighted by atomic mass is 35.5. The molecule has 19 heteroatoms. The maximum atomic E-state index is 12.9. The molecule has 0 aliphatic rings. The van der Waals surface area contributed by atoms with E-state index in [1.165, 1.54) is 6.92 Å². The third-order valence-corrected chi connectivity index (χ3v) is 6.55. The van der Waals surface area contributed by atoms with Crippen molar-refractivity contribution in [1.29, 1.82) is 5.41 Å². The van der Waals surface area contributed by atoms with Crippen LogP contribution in [0.5, 0.6) is 0 Å². The van der Waals surface area contributed by atoms with Crippen LogP contribution in [0.3, 0.4) is 0 Å². The Bertz CT molecular complexity index is 1400. The number of halogens is 5. The fourth-order valence-corrected chi connectivity index (χ4v) is 4.10. The molecule has 2 rings (SSSR count). The van der Waals surface area contributed by atoms with Crippen LogP contribution in [0.4, 0.5) is 18.9 Å². The van der Waals surface area contributed by atoms with Crippen molar-refractivity contribution in [2.24, 2.45) is 5.73 Å². The Morgan fingerprint density at radius 3 is 2.42 bits per heavy atom. The summed E-state index contributed by atoms with van der Waals surface area (Å²) in [7, 11) is -4.51. The Kier molecular flexibility index (Phi) is 9.96. The van der Waals surface area contributed by atoms with Crippen molar-refractivity contribution in [3.63, 3.8) is 0 Å². The lowest BCUT2D eigenvalue weighted by Crippen LogP contribution is -2.42. The molecule has 1 heterocycles. The number of hydrogen-bond acceptors (Lipinski definition) is 8. The van der Waals surface area contributed by atoms with E-state index >= 15 is 0 Å². The van der Waals surface area contributed by atoms with Gasteiger partial charge in [-0.3, -0.25) is 24.6 Å². The molecule has 0 fully saturated rings. The number of carbonyl (C=O) groups is 2. The summed E-state index contributed by atoms with van der Waals surface area (Å²) < 4.78 is 65.7. The number of rotatable bonds is 10. The smallest absolute Gasteiger partial charge is 0.368 e. The van der Waals surface area contributed by atoms with Crippen LogP contribution in [0.15, 0.2) is 40.0 Å². The number of pyridine rings is 1. The molecule has 1 unspecified atom stereocenters. The standard InChI is InChI=1S/C19H19Cl2F3N6O7S/c1-9(15(31)27-6-7-36-28-18(25)26)14-5-4-13(16(32)30(14)37-17(33)19(22,23)24)29-38(34,35)10-2-3-11(20)12(21)8-10/h2-5,8-9,29H,6-7H2,1H3,(H,27,31)(H4,25,26,28). The van der Waals surface area contributed by atoms with Crippen LogP contribution >= 0.6 is 23.2 Å². The molecule has 1 amide bonds. The van der Waals surface area contributed by atoms with Crippen molar-refractivity contribution >= 4 is 56.7 Å². The first-order chi connectivity index (χ1) is 17.5. The number of hydrogen-bond donors (Lipinski definition) is 5. The third-order valence-electron chi connectivity index (χ3n) is 4.44. The Balaban J connectivity index is 2.41. The number of sulfonamides is 1. The Morgan fingerprint density at radius 2 is 1.84 bits per heavy atom. The molecular formula is C19H19Cl2F3N6O7S. The number of alkyl halides is 3. The fraction of sp³-hybridized carbons (Fsp3) is 0.263. The SMILES string of the molecule is CC(C(=O)NCCONC(=N)N)c1ccc(NS(=O)(=O)c2ccc(Cl)c(Cl)c2)c(=O)n1OC(=O)C(F)(F)F. The highest BCUT2D eigenvalue weighted by molar-refractivity contribution is 7.92. The van der Waals surface area contributed by atoms with E-state index in [2.05, 4.69) is 10.2 Å². The molecule has 1 atom stereocenters. The lowest BCUT2D eigenvalue weighted by Gasteiger charge is -2.19. The summed E-state index contributed by atoms with van der Waals surface area (Å²) in [6.45, 7) is 0.844. The van der Waals surface area contributed by atoms with Crippen LogP contribution in [-0.4, -0.2) is 50.3 Å². The Morgan fingerprint density at radius 1 is 1.18 bits per heavy atom. The van der Waals surface area contributed by atoms with Crippen molar-refractivity contribution in [2.45, 2.75) is 23.9 Å². The van der Waals surface area contributed by atoms with Crippen molar-refractivity contribution in [3.8, 4) is 0 Å². The second kappa shape index (κ2) is 12.3. The zero-order valence-electron chi connectivity index (χ0n) is 19.1. The molecule has 0 spiro atoms. The van der Waals surface area contributed by atoms with E-state index in [9.17, 15) is 36.0 Å². The summed E-state index contributed by atoms with van der Waals surface area (Å²) >= 11 is 11.6. The van der Waals surface area contributed by atoms with Crippen LogP contribution in [0.2, 0.25) is 10.0 Å². The molecule has 0 saturated heterocycles. The number of nitrogens with zero attached hydrogens (tertiary/aromatic N) is 1. The molecule has 6 N–H and O–H groups in total. The summed E-state index contributed by atoms with van der Waals surface area (Å²) in [5.74, 6) is -5.53. The highest BCUT2D eigenvalue weighted by Crippen LogP contribution is 2.26. The van der Waals surface area contributed by atoms with E-state index < -0.39 is 61.8 Å². The molecule has 0 bridgehead atoms. The zero-order valence-corrected chi connectivity index (χ0v) is 21.4. The largest absolute Gasteiger partial charge is 0.493 e. The number of benzene rings is 1.